The highest BCUT2D eigenvalue weighted by atomic mass is 19.4. The van der Waals surface area contributed by atoms with Gasteiger partial charge in [0.25, 0.3) is 0 Å². The quantitative estimate of drug-likeness (QED) is 0.532. The van der Waals surface area contributed by atoms with Crippen LogP contribution in [0.25, 0.3) is 0 Å². The summed E-state index contributed by atoms with van der Waals surface area (Å²) in [6.45, 7) is -3.07. The van der Waals surface area contributed by atoms with Crippen molar-refractivity contribution >= 4 is 0 Å². The van der Waals surface area contributed by atoms with Crippen LogP contribution in [0.1, 0.15) is 0 Å². The fourth-order valence-electron chi connectivity index (χ4n) is 0.412. The van der Waals surface area contributed by atoms with Gasteiger partial charge in [0.15, 0.2) is 0 Å². The van der Waals surface area contributed by atoms with Gasteiger partial charge in [0.2, 0.25) is 0 Å². The molecule has 0 radical (unpaired) electrons. The van der Waals surface area contributed by atoms with Gasteiger partial charge in [-0.1, -0.05) is 0 Å². The second-order valence-corrected chi connectivity index (χ2v) is 2.07. The van der Waals surface area contributed by atoms with Crippen LogP contribution in [0.3, 0.4) is 0 Å². The number of nitrogens with one attached hydrogen (secondary N) is 1. The molecular formula is C5H7F6N. The van der Waals surface area contributed by atoms with Crippen LogP contribution in [-0.2, 0) is 0 Å². The topological polar surface area (TPSA) is 12.0 Å². The summed E-state index contributed by atoms with van der Waals surface area (Å²) in [6, 6.07) is 0. The van der Waals surface area contributed by atoms with Crippen molar-refractivity contribution in [3.8, 4) is 0 Å². The monoisotopic (exact) mass is 195 g/mol. The fraction of sp³-hybridized carbons (Fsp3) is 1.00. The Balaban J connectivity index is 3.88. The minimum Gasteiger partial charge on any atom is -0.308 e. The predicted octanol–water partition coefficient (Wildman–Crippen LogP) is 1.74. The van der Waals surface area contributed by atoms with Crippen LogP contribution in [0, 0.1) is 0 Å². The molecule has 0 saturated heterocycles. The molecule has 0 spiro atoms. The van der Waals surface area contributed by atoms with Crippen molar-refractivity contribution in [2.45, 2.75) is 12.1 Å². The maximum Gasteiger partial charge on any atom is 0.454 e. The summed E-state index contributed by atoms with van der Waals surface area (Å²) in [4.78, 5) is 0. The Hall–Kier alpha value is -0.460. The van der Waals surface area contributed by atoms with E-state index in [-0.39, 0.29) is 0 Å². The van der Waals surface area contributed by atoms with Crippen LogP contribution in [0.2, 0.25) is 0 Å². The number of alkyl halides is 6. The zero-order valence-corrected chi connectivity index (χ0v) is 5.89. The van der Waals surface area contributed by atoms with Gasteiger partial charge in [-0.3, -0.25) is 0 Å². The Labute approximate surface area is 64.7 Å². The Morgan fingerprint density at radius 1 is 1.00 bits per heavy atom. The zero-order chi connectivity index (χ0) is 9.83. The Bertz CT molecular complexity index is 130. The molecule has 7 heteroatoms. The smallest absolute Gasteiger partial charge is 0.308 e. The molecule has 0 aromatic rings. The van der Waals surface area contributed by atoms with Gasteiger partial charge in [-0.05, 0) is 0 Å². The molecule has 1 N–H and O–H groups in total. The summed E-state index contributed by atoms with van der Waals surface area (Å²) < 4.78 is 69.3. The Morgan fingerprint density at radius 2 is 1.50 bits per heavy atom. The lowest BCUT2D eigenvalue weighted by atomic mass is 10.3. The first-order chi connectivity index (χ1) is 5.31. The van der Waals surface area contributed by atoms with Gasteiger partial charge < -0.3 is 5.32 Å². The van der Waals surface area contributed by atoms with Crippen molar-refractivity contribution < 1.29 is 26.3 Å². The van der Waals surface area contributed by atoms with Crippen molar-refractivity contribution in [3.05, 3.63) is 0 Å². The summed E-state index contributed by atoms with van der Waals surface area (Å²) in [6.07, 6.45) is -5.57. The first-order valence-electron chi connectivity index (χ1n) is 3.02. The van der Waals surface area contributed by atoms with E-state index in [4.69, 9.17) is 0 Å². The van der Waals surface area contributed by atoms with Gasteiger partial charge in [0.1, 0.15) is 6.67 Å². The predicted molar refractivity (Wildman–Crippen MR) is 29.8 cm³/mol. The van der Waals surface area contributed by atoms with E-state index in [1.165, 1.54) is 0 Å². The largest absolute Gasteiger partial charge is 0.454 e. The van der Waals surface area contributed by atoms with Gasteiger partial charge in [-0.15, -0.1) is 0 Å². The average molecular weight is 195 g/mol. The molecule has 0 unspecified atom stereocenters. The van der Waals surface area contributed by atoms with E-state index in [0.717, 1.165) is 0 Å². The van der Waals surface area contributed by atoms with Crippen LogP contribution in [0.5, 0.6) is 0 Å². The van der Waals surface area contributed by atoms with Crippen LogP contribution in [0.15, 0.2) is 0 Å². The number of hydrogen-bond donors (Lipinski definition) is 1. The second-order valence-electron chi connectivity index (χ2n) is 2.07. The first-order valence-corrected chi connectivity index (χ1v) is 3.02. The van der Waals surface area contributed by atoms with E-state index in [0.29, 0.717) is 0 Å². The van der Waals surface area contributed by atoms with Crippen molar-refractivity contribution in [1.82, 2.24) is 5.32 Å². The molecule has 0 heterocycles. The molecule has 0 amide bonds. The average Bonchev–Trinajstić information content (AvgIpc) is 1.85. The highest BCUT2D eigenvalue weighted by Gasteiger charge is 2.56. The molecule has 0 bridgehead atoms. The summed E-state index contributed by atoms with van der Waals surface area (Å²) >= 11 is 0. The van der Waals surface area contributed by atoms with Crippen LogP contribution >= 0.6 is 0 Å². The molecule has 0 fully saturated rings. The molecule has 0 aliphatic heterocycles. The molecule has 0 saturated carbocycles. The molecular weight excluding hydrogens is 188 g/mol. The summed E-state index contributed by atoms with van der Waals surface area (Å²) in [5, 5.41) is 1.64. The number of halogens is 6. The minimum atomic E-state index is -5.57. The van der Waals surface area contributed by atoms with Gasteiger partial charge in [0.05, 0.1) is 6.54 Å². The van der Waals surface area contributed by atoms with Gasteiger partial charge in [0, 0.05) is 6.54 Å². The van der Waals surface area contributed by atoms with Crippen molar-refractivity contribution in [3.63, 3.8) is 0 Å². The molecule has 12 heavy (non-hydrogen) atoms. The lowest BCUT2D eigenvalue weighted by Crippen LogP contribution is -2.45. The van der Waals surface area contributed by atoms with Gasteiger partial charge >= 0.3 is 12.1 Å². The highest BCUT2D eigenvalue weighted by Crippen LogP contribution is 2.34. The highest BCUT2D eigenvalue weighted by molar-refractivity contribution is 4.77. The molecule has 0 aliphatic rings. The lowest BCUT2D eigenvalue weighted by molar-refractivity contribution is -0.279. The third-order valence-electron chi connectivity index (χ3n) is 1.03. The SMILES string of the molecule is FCCNCC(F)(F)C(F)(F)F. The van der Waals surface area contributed by atoms with Gasteiger partial charge in [-0.25, -0.2) is 4.39 Å². The summed E-state index contributed by atoms with van der Waals surface area (Å²) in [5.41, 5.74) is 0. The van der Waals surface area contributed by atoms with E-state index in [1.54, 1.807) is 5.32 Å². The molecule has 74 valence electrons. The maximum absolute atomic E-state index is 11.9. The lowest BCUT2D eigenvalue weighted by Gasteiger charge is -2.19. The molecule has 0 aromatic heterocycles. The van der Waals surface area contributed by atoms with Crippen molar-refractivity contribution in [1.29, 1.82) is 0 Å². The fourth-order valence-corrected chi connectivity index (χ4v) is 0.412. The minimum absolute atomic E-state index is 0.508. The molecule has 0 rings (SSSR count). The number of rotatable bonds is 4. The van der Waals surface area contributed by atoms with Crippen molar-refractivity contribution in [2.24, 2.45) is 0 Å². The van der Waals surface area contributed by atoms with Crippen LogP contribution in [0.4, 0.5) is 26.3 Å². The van der Waals surface area contributed by atoms with E-state index in [1.807, 2.05) is 0 Å². The first kappa shape index (κ1) is 11.5. The molecule has 0 aromatic carbocycles. The van der Waals surface area contributed by atoms with E-state index in [2.05, 4.69) is 0 Å². The van der Waals surface area contributed by atoms with E-state index in [9.17, 15) is 26.3 Å². The maximum atomic E-state index is 11.9. The van der Waals surface area contributed by atoms with Crippen LogP contribution in [-0.4, -0.2) is 31.9 Å². The molecule has 0 atom stereocenters. The third-order valence-corrected chi connectivity index (χ3v) is 1.03. The van der Waals surface area contributed by atoms with Crippen LogP contribution < -0.4 is 5.32 Å². The third kappa shape index (κ3) is 3.29. The normalized spacial score (nSPS) is 13.5. The number of hydrogen-bond acceptors (Lipinski definition) is 1. The standard InChI is InChI=1S/C5H7F6N/c6-1-2-12-3-4(7,8)5(9,10)11/h12H,1-3H2. The van der Waals surface area contributed by atoms with Gasteiger partial charge in [-0.2, -0.15) is 22.0 Å². The summed E-state index contributed by atoms with van der Waals surface area (Å²) in [7, 11) is 0. The Morgan fingerprint density at radius 3 is 1.83 bits per heavy atom. The molecule has 1 nitrogen and oxygen atoms in total. The molecule has 0 aliphatic carbocycles. The zero-order valence-electron chi connectivity index (χ0n) is 5.89. The Kier molecular flexibility index (Phi) is 3.82. The summed E-state index contributed by atoms with van der Waals surface area (Å²) in [5.74, 6) is -4.79. The van der Waals surface area contributed by atoms with E-state index >= 15 is 0 Å². The second kappa shape index (κ2) is 3.97. The van der Waals surface area contributed by atoms with E-state index < -0.39 is 31.9 Å². The van der Waals surface area contributed by atoms with Crippen molar-refractivity contribution in [2.75, 3.05) is 19.8 Å².